The maximum atomic E-state index is 5.86. The van der Waals surface area contributed by atoms with Crippen molar-refractivity contribution in [3.8, 4) is 0 Å². The van der Waals surface area contributed by atoms with Crippen LogP contribution in [0.1, 0.15) is 25.7 Å². The summed E-state index contributed by atoms with van der Waals surface area (Å²) in [6, 6.07) is 0.673. The first-order chi connectivity index (χ1) is 6.78. The second kappa shape index (κ2) is 4.49. The number of hydrogen-bond donors (Lipinski definition) is 1. The Balaban J connectivity index is 1.77. The van der Waals surface area contributed by atoms with Crippen LogP contribution in [0.3, 0.4) is 0 Å². The van der Waals surface area contributed by atoms with E-state index >= 15 is 0 Å². The molecule has 0 saturated heterocycles. The summed E-state index contributed by atoms with van der Waals surface area (Å²) in [6.07, 6.45) is 9.04. The van der Waals surface area contributed by atoms with Crippen LogP contribution in [0.4, 0.5) is 0 Å². The Kier molecular flexibility index (Phi) is 3.29. The third-order valence-corrected chi connectivity index (χ3v) is 3.54. The van der Waals surface area contributed by atoms with E-state index in [0.717, 1.165) is 31.4 Å². The van der Waals surface area contributed by atoms with E-state index < -0.39 is 0 Å². The van der Waals surface area contributed by atoms with Crippen LogP contribution < -0.4 is 5.32 Å². The molecule has 0 spiro atoms. The molecule has 0 unspecified atom stereocenters. The molecule has 1 fully saturated rings. The van der Waals surface area contributed by atoms with Gasteiger partial charge < -0.3 is 10.1 Å². The third-order valence-electron chi connectivity index (χ3n) is 2.88. The highest BCUT2D eigenvalue weighted by Crippen LogP contribution is 2.29. The van der Waals surface area contributed by atoms with E-state index in [1.165, 1.54) is 4.48 Å². The zero-order valence-electron chi connectivity index (χ0n) is 8.42. The van der Waals surface area contributed by atoms with Crippen LogP contribution in [0.5, 0.6) is 0 Å². The second-order valence-corrected chi connectivity index (χ2v) is 4.96. The summed E-state index contributed by atoms with van der Waals surface area (Å²) in [5, 5.41) is 3.26. The van der Waals surface area contributed by atoms with Crippen LogP contribution >= 0.6 is 15.9 Å². The molecule has 0 heterocycles. The van der Waals surface area contributed by atoms with E-state index in [2.05, 4.69) is 33.4 Å². The summed E-state index contributed by atoms with van der Waals surface area (Å²) in [5.41, 5.74) is 0. The van der Waals surface area contributed by atoms with E-state index in [0.29, 0.717) is 12.1 Å². The van der Waals surface area contributed by atoms with Gasteiger partial charge in [-0.05, 0) is 42.9 Å². The smallest absolute Gasteiger partial charge is 0.101 e. The largest absolute Gasteiger partial charge is 0.495 e. The SMILES string of the molecule is CNC1CC(OC2=CC=C(Br)CC2)C1. The maximum Gasteiger partial charge on any atom is 0.101 e. The van der Waals surface area contributed by atoms with Crippen LogP contribution in [-0.2, 0) is 4.74 Å². The van der Waals surface area contributed by atoms with Crippen molar-refractivity contribution in [1.29, 1.82) is 0 Å². The number of rotatable bonds is 3. The van der Waals surface area contributed by atoms with E-state index in [9.17, 15) is 0 Å². The number of allylic oxidation sites excluding steroid dienone is 4. The molecule has 0 aromatic heterocycles. The van der Waals surface area contributed by atoms with Crippen LogP contribution in [0.2, 0.25) is 0 Å². The summed E-state index contributed by atoms with van der Waals surface area (Å²) >= 11 is 3.48. The molecule has 3 heteroatoms. The number of hydrogen-bond acceptors (Lipinski definition) is 2. The first-order valence-electron chi connectivity index (χ1n) is 5.17. The van der Waals surface area contributed by atoms with Crippen LogP contribution in [0, 0.1) is 0 Å². The molecule has 2 aliphatic rings. The standard InChI is InChI=1S/C11H16BrNO/c1-13-9-6-11(7-9)14-10-4-2-8(12)3-5-10/h2,4,9,11,13H,3,5-7H2,1H3. The predicted molar refractivity (Wildman–Crippen MR) is 61.3 cm³/mol. The highest BCUT2D eigenvalue weighted by atomic mass is 79.9. The Morgan fingerprint density at radius 3 is 2.71 bits per heavy atom. The summed E-state index contributed by atoms with van der Waals surface area (Å²) in [6.45, 7) is 0. The van der Waals surface area contributed by atoms with Gasteiger partial charge in [-0.25, -0.2) is 0 Å². The summed E-state index contributed by atoms with van der Waals surface area (Å²) < 4.78 is 7.13. The third kappa shape index (κ3) is 2.39. The molecule has 0 atom stereocenters. The lowest BCUT2D eigenvalue weighted by Gasteiger charge is -2.36. The van der Waals surface area contributed by atoms with E-state index in [1.807, 2.05) is 7.05 Å². The molecule has 0 radical (unpaired) electrons. The topological polar surface area (TPSA) is 21.3 Å². The molecular formula is C11H16BrNO. The maximum absolute atomic E-state index is 5.86. The van der Waals surface area contributed by atoms with Gasteiger partial charge in [0.05, 0.1) is 5.76 Å². The van der Waals surface area contributed by atoms with Crippen LogP contribution in [0.15, 0.2) is 22.4 Å². The Morgan fingerprint density at radius 1 is 1.36 bits per heavy atom. The quantitative estimate of drug-likeness (QED) is 0.840. The van der Waals surface area contributed by atoms with Crippen molar-refractivity contribution in [2.75, 3.05) is 7.05 Å². The van der Waals surface area contributed by atoms with Gasteiger partial charge in [0.25, 0.3) is 0 Å². The fourth-order valence-corrected chi connectivity index (χ4v) is 2.13. The monoisotopic (exact) mass is 257 g/mol. The number of nitrogens with one attached hydrogen (secondary N) is 1. The Hall–Kier alpha value is -0.280. The van der Waals surface area contributed by atoms with Gasteiger partial charge in [0.1, 0.15) is 6.10 Å². The molecule has 2 aliphatic carbocycles. The molecule has 0 aromatic carbocycles. The summed E-state index contributed by atoms with van der Waals surface area (Å²) in [4.78, 5) is 0. The first-order valence-corrected chi connectivity index (χ1v) is 5.96. The Bertz CT molecular complexity index is 266. The van der Waals surface area contributed by atoms with E-state index in [1.54, 1.807) is 0 Å². The predicted octanol–water partition coefficient (Wildman–Crippen LogP) is 2.71. The van der Waals surface area contributed by atoms with Crippen molar-refractivity contribution in [2.24, 2.45) is 0 Å². The average Bonchev–Trinajstić information content (AvgIpc) is 2.13. The zero-order chi connectivity index (χ0) is 9.97. The van der Waals surface area contributed by atoms with Gasteiger partial charge in [-0.1, -0.05) is 15.9 Å². The molecule has 1 N–H and O–H groups in total. The van der Waals surface area contributed by atoms with Crippen molar-refractivity contribution in [3.05, 3.63) is 22.4 Å². The zero-order valence-corrected chi connectivity index (χ0v) is 10.0. The average molecular weight is 258 g/mol. The summed E-state index contributed by atoms with van der Waals surface area (Å²) in [5.74, 6) is 1.15. The molecule has 0 bridgehead atoms. The molecule has 78 valence electrons. The molecule has 14 heavy (non-hydrogen) atoms. The van der Waals surface area contributed by atoms with Crippen molar-refractivity contribution < 1.29 is 4.74 Å². The van der Waals surface area contributed by atoms with Crippen molar-refractivity contribution >= 4 is 15.9 Å². The fourth-order valence-electron chi connectivity index (χ4n) is 1.80. The van der Waals surface area contributed by atoms with Crippen molar-refractivity contribution in [1.82, 2.24) is 5.32 Å². The lowest BCUT2D eigenvalue weighted by atomic mass is 9.89. The number of ether oxygens (including phenoxy) is 1. The fraction of sp³-hybridized carbons (Fsp3) is 0.636. The summed E-state index contributed by atoms with van der Waals surface area (Å²) in [7, 11) is 2.01. The van der Waals surface area contributed by atoms with Gasteiger partial charge in [-0.2, -0.15) is 0 Å². The second-order valence-electron chi connectivity index (χ2n) is 3.94. The number of halogens is 1. The Labute approximate surface area is 93.5 Å². The minimum Gasteiger partial charge on any atom is -0.495 e. The minimum absolute atomic E-state index is 0.448. The van der Waals surface area contributed by atoms with Gasteiger partial charge in [0, 0.05) is 12.5 Å². The lowest BCUT2D eigenvalue weighted by Crippen LogP contribution is -2.43. The molecule has 0 aliphatic heterocycles. The molecule has 0 aromatic rings. The first kappa shape index (κ1) is 10.2. The van der Waals surface area contributed by atoms with E-state index in [4.69, 9.17) is 4.74 Å². The highest BCUT2D eigenvalue weighted by Gasteiger charge is 2.29. The molecule has 2 nitrogen and oxygen atoms in total. The molecule has 2 rings (SSSR count). The highest BCUT2D eigenvalue weighted by molar-refractivity contribution is 9.11. The lowest BCUT2D eigenvalue weighted by molar-refractivity contribution is 0.0255. The normalized spacial score (nSPS) is 31.6. The van der Waals surface area contributed by atoms with Gasteiger partial charge in [0.15, 0.2) is 0 Å². The van der Waals surface area contributed by atoms with Gasteiger partial charge >= 0.3 is 0 Å². The van der Waals surface area contributed by atoms with Crippen LogP contribution in [-0.4, -0.2) is 19.2 Å². The van der Waals surface area contributed by atoms with Gasteiger partial charge in [-0.15, -0.1) is 0 Å². The van der Waals surface area contributed by atoms with Gasteiger partial charge in [-0.3, -0.25) is 0 Å². The van der Waals surface area contributed by atoms with Crippen molar-refractivity contribution in [3.63, 3.8) is 0 Å². The molecule has 0 amide bonds. The minimum atomic E-state index is 0.448. The van der Waals surface area contributed by atoms with Crippen molar-refractivity contribution in [2.45, 2.75) is 37.8 Å². The molecular weight excluding hydrogens is 242 g/mol. The van der Waals surface area contributed by atoms with Crippen LogP contribution in [0.25, 0.3) is 0 Å². The molecule has 1 saturated carbocycles. The van der Waals surface area contributed by atoms with E-state index in [-0.39, 0.29) is 0 Å². The van der Waals surface area contributed by atoms with Gasteiger partial charge in [0.2, 0.25) is 0 Å². The Morgan fingerprint density at radius 2 is 2.14 bits per heavy atom.